The Labute approximate surface area is 274 Å². The third-order valence-electron chi connectivity index (χ3n) is 10.7. The number of aryl methyl sites for hydroxylation is 1. The van der Waals surface area contributed by atoms with Crippen LogP contribution in [0.5, 0.6) is 23.0 Å². The molecule has 10 heteroatoms. The molecular formula is C37H42FN5O4. The number of nitrogens with one attached hydrogen (secondary N) is 1. The van der Waals surface area contributed by atoms with E-state index in [9.17, 15) is 9.18 Å². The molecule has 9 nitrogen and oxygen atoms in total. The van der Waals surface area contributed by atoms with E-state index in [-0.39, 0.29) is 11.4 Å². The molecule has 0 amide bonds. The summed E-state index contributed by atoms with van der Waals surface area (Å²) < 4.78 is 32.1. The van der Waals surface area contributed by atoms with E-state index in [1.54, 1.807) is 19.2 Å². The Morgan fingerprint density at radius 3 is 2.66 bits per heavy atom. The number of aromatic nitrogens is 2. The number of benzene rings is 2. The largest absolute Gasteiger partial charge is 0.493 e. The highest BCUT2D eigenvalue weighted by Crippen LogP contribution is 2.52. The van der Waals surface area contributed by atoms with Gasteiger partial charge < -0.3 is 24.1 Å². The number of piperazine rings is 1. The number of fused-ring (bicyclic) bond motifs is 2. The summed E-state index contributed by atoms with van der Waals surface area (Å²) >= 11 is 0. The number of H-pyrrole nitrogens is 1. The monoisotopic (exact) mass is 639 g/mol. The SMILES string of the molecule is COc1cc(CN2CCN(C3CC4(C3)CN(c3ccc(C=O)c(Oc5cnc6[nH]cc(F)c6c5)c3)C4)CC2)cc2c1OC(C)(C)CC2. The van der Waals surface area contributed by atoms with Crippen LogP contribution in [0.25, 0.3) is 11.0 Å². The van der Waals surface area contributed by atoms with Crippen molar-refractivity contribution in [2.24, 2.45) is 5.41 Å². The molecule has 1 spiro atoms. The lowest BCUT2D eigenvalue weighted by molar-refractivity contribution is -0.0380. The highest BCUT2D eigenvalue weighted by atomic mass is 19.1. The third kappa shape index (κ3) is 5.71. The Morgan fingerprint density at radius 1 is 1.09 bits per heavy atom. The fourth-order valence-electron chi connectivity index (χ4n) is 8.02. The summed E-state index contributed by atoms with van der Waals surface area (Å²) in [5, 5.41) is 0.354. The normalized spacial score (nSPS) is 20.7. The number of halogens is 1. The molecule has 4 aliphatic rings. The summed E-state index contributed by atoms with van der Waals surface area (Å²) in [5.74, 6) is 2.22. The number of aromatic amines is 1. The topological polar surface area (TPSA) is 83.2 Å². The summed E-state index contributed by atoms with van der Waals surface area (Å²) in [6, 6.07) is 12.4. The van der Waals surface area contributed by atoms with Gasteiger partial charge in [-0.05, 0) is 74.9 Å². The number of nitrogens with zero attached hydrogens (tertiary/aromatic N) is 4. The van der Waals surface area contributed by atoms with Crippen LogP contribution in [0.1, 0.15) is 54.6 Å². The average molecular weight is 640 g/mol. The highest BCUT2D eigenvalue weighted by Gasteiger charge is 2.54. The van der Waals surface area contributed by atoms with Crippen molar-refractivity contribution in [2.45, 2.75) is 57.7 Å². The zero-order valence-electron chi connectivity index (χ0n) is 27.4. The van der Waals surface area contributed by atoms with Gasteiger partial charge in [0.1, 0.15) is 28.6 Å². The summed E-state index contributed by atoms with van der Waals surface area (Å²) in [7, 11) is 1.74. The minimum absolute atomic E-state index is 0.155. The van der Waals surface area contributed by atoms with Gasteiger partial charge in [0.25, 0.3) is 0 Å². The van der Waals surface area contributed by atoms with Crippen LogP contribution >= 0.6 is 0 Å². The van der Waals surface area contributed by atoms with Crippen LogP contribution in [0.3, 0.4) is 0 Å². The van der Waals surface area contributed by atoms with Gasteiger partial charge in [-0.25, -0.2) is 9.37 Å². The number of ether oxygens (including phenoxy) is 3. The van der Waals surface area contributed by atoms with Crippen LogP contribution in [-0.4, -0.2) is 84.1 Å². The molecule has 8 rings (SSSR count). The van der Waals surface area contributed by atoms with Gasteiger partial charge in [0.2, 0.25) is 0 Å². The maximum absolute atomic E-state index is 14.1. The lowest BCUT2D eigenvalue weighted by Gasteiger charge is -2.62. The molecule has 4 aromatic rings. The molecule has 0 unspecified atom stereocenters. The maximum Gasteiger partial charge on any atom is 0.165 e. The van der Waals surface area contributed by atoms with Crippen LogP contribution in [0.2, 0.25) is 0 Å². The number of methoxy groups -OCH3 is 1. The predicted octanol–water partition coefficient (Wildman–Crippen LogP) is 6.21. The van der Waals surface area contributed by atoms with Crippen LogP contribution in [-0.2, 0) is 13.0 Å². The fraction of sp³-hybridized carbons (Fsp3) is 0.459. The van der Waals surface area contributed by atoms with E-state index in [0.29, 0.717) is 39.6 Å². The quantitative estimate of drug-likeness (QED) is 0.228. The highest BCUT2D eigenvalue weighted by molar-refractivity contribution is 5.82. The van der Waals surface area contributed by atoms with E-state index in [0.717, 1.165) is 82.1 Å². The molecule has 5 heterocycles. The van der Waals surface area contributed by atoms with Gasteiger partial charge in [-0.2, -0.15) is 0 Å². The second-order valence-corrected chi connectivity index (χ2v) is 14.5. The van der Waals surface area contributed by atoms with Crippen molar-refractivity contribution in [3.05, 3.63) is 71.3 Å². The molecular weight excluding hydrogens is 597 g/mol. The van der Waals surface area contributed by atoms with Crippen molar-refractivity contribution < 1.29 is 23.4 Å². The van der Waals surface area contributed by atoms with Crippen molar-refractivity contribution in [3.63, 3.8) is 0 Å². The van der Waals surface area contributed by atoms with Crippen molar-refractivity contribution in [1.82, 2.24) is 19.8 Å². The molecule has 0 atom stereocenters. The molecule has 1 aliphatic carbocycles. The first-order valence-electron chi connectivity index (χ1n) is 16.7. The van der Waals surface area contributed by atoms with E-state index < -0.39 is 0 Å². The number of hydrogen-bond donors (Lipinski definition) is 1. The minimum atomic E-state index is -0.389. The molecule has 0 bridgehead atoms. The molecule has 2 saturated heterocycles. The third-order valence-corrected chi connectivity index (χ3v) is 10.7. The number of pyridine rings is 1. The van der Waals surface area contributed by atoms with E-state index in [2.05, 4.69) is 50.6 Å². The molecule has 3 fully saturated rings. The zero-order chi connectivity index (χ0) is 32.3. The maximum atomic E-state index is 14.1. The van der Waals surface area contributed by atoms with Gasteiger partial charge in [0.05, 0.1) is 24.3 Å². The summed E-state index contributed by atoms with van der Waals surface area (Å²) in [6.45, 7) is 11.6. The molecule has 1 saturated carbocycles. The van der Waals surface area contributed by atoms with Gasteiger partial charge in [-0.1, -0.05) is 6.07 Å². The van der Waals surface area contributed by atoms with Crippen LogP contribution in [0.4, 0.5) is 10.1 Å². The lowest BCUT2D eigenvalue weighted by Crippen LogP contribution is -2.68. The minimum Gasteiger partial charge on any atom is -0.493 e. The van der Waals surface area contributed by atoms with E-state index >= 15 is 0 Å². The Hall–Kier alpha value is -4.15. The van der Waals surface area contributed by atoms with Gasteiger partial charge in [0.15, 0.2) is 17.8 Å². The Balaban J connectivity index is 0.839. The first kappa shape index (κ1) is 30.2. The average Bonchev–Trinajstić information content (AvgIpc) is 3.39. The van der Waals surface area contributed by atoms with Crippen molar-refractivity contribution in [1.29, 1.82) is 0 Å². The number of anilines is 1. The molecule has 3 aliphatic heterocycles. The number of aldehydes is 1. The second-order valence-electron chi connectivity index (χ2n) is 14.5. The smallest absolute Gasteiger partial charge is 0.165 e. The summed E-state index contributed by atoms with van der Waals surface area (Å²) in [6.07, 6.45) is 8.08. The van der Waals surface area contributed by atoms with Crippen LogP contribution in [0, 0.1) is 11.2 Å². The number of carbonyl (C=O) groups excluding carboxylic acids is 1. The Bertz CT molecular complexity index is 1800. The van der Waals surface area contributed by atoms with Crippen molar-refractivity contribution >= 4 is 23.0 Å². The van der Waals surface area contributed by atoms with E-state index in [1.807, 2.05) is 12.1 Å². The van der Waals surface area contributed by atoms with Gasteiger partial charge in [-0.3, -0.25) is 14.6 Å². The molecule has 0 radical (unpaired) electrons. The molecule has 1 N–H and O–H groups in total. The lowest BCUT2D eigenvalue weighted by atomic mass is 9.60. The van der Waals surface area contributed by atoms with Gasteiger partial charge in [-0.15, -0.1) is 0 Å². The summed E-state index contributed by atoms with van der Waals surface area (Å²) in [4.78, 5) is 26.4. The molecule has 47 heavy (non-hydrogen) atoms. The predicted molar refractivity (Wildman–Crippen MR) is 178 cm³/mol. The van der Waals surface area contributed by atoms with Crippen molar-refractivity contribution in [3.8, 4) is 23.0 Å². The zero-order valence-corrected chi connectivity index (χ0v) is 27.4. The number of hydrogen-bond acceptors (Lipinski definition) is 8. The standard InChI is InChI=1S/C37H42FN5O4/c1-36(2)7-6-25-12-24(13-33(45-3)34(25)47-36)20-41-8-10-42(11-9-41)28-16-37(17-28)22-43(23-37)27-5-4-26(21-44)32(14-27)46-29-15-30-31(38)19-40-35(30)39-18-29/h4-5,12-15,18-19,21,28H,6-11,16-17,20,22-23H2,1-3H3,(H,39,40). The van der Waals surface area contributed by atoms with E-state index in [4.69, 9.17) is 14.2 Å². The Kier molecular flexibility index (Phi) is 7.40. The van der Waals surface area contributed by atoms with Gasteiger partial charge >= 0.3 is 0 Å². The fourth-order valence-corrected chi connectivity index (χ4v) is 8.02. The van der Waals surface area contributed by atoms with Crippen molar-refractivity contribution in [2.75, 3.05) is 51.3 Å². The molecule has 2 aromatic carbocycles. The first-order chi connectivity index (χ1) is 22.7. The van der Waals surface area contributed by atoms with Crippen LogP contribution < -0.4 is 19.1 Å². The number of rotatable bonds is 8. The number of carbonyl (C=O) groups is 1. The molecule has 2 aromatic heterocycles. The Morgan fingerprint density at radius 2 is 1.89 bits per heavy atom. The van der Waals surface area contributed by atoms with Crippen LogP contribution in [0.15, 0.2) is 48.8 Å². The summed E-state index contributed by atoms with van der Waals surface area (Å²) in [5.41, 5.74) is 4.71. The first-order valence-corrected chi connectivity index (χ1v) is 16.7. The molecule has 246 valence electrons. The van der Waals surface area contributed by atoms with Gasteiger partial charge in [0, 0.05) is 75.2 Å². The van der Waals surface area contributed by atoms with E-state index in [1.165, 1.54) is 36.4 Å². The second kappa shape index (κ2) is 11.5.